The van der Waals surface area contributed by atoms with Crippen molar-refractivity contribution >= 4 is 33.0 Å². The van der Waals surface area contributed by atoms with Gasteiger partial charge in [-0.3, -0.25) is 0 Å². The number of hydrogen-bond acceptors (Lipinski definition) is 6. The van der Waals surface area contributed by atoms with E-state index < -0.39 is 16.0 Å². The van der Waals surface area contributed by atoms with E-state index >= 15 is 0 Å². The molecule has 1 aromatic heterocycles. The summed E-state index contributed by atoms with van der Waals surface area (Å²) in [4.78, 5) is 13.6. The van der Waals surface area contributed by atoms with Crippen LogP contribution >= 0.6 is 11.3 Å². The van der Waals surface area contributed by atoms with E-state index in [1.807, 2.05) is 43.3 Å². The van der Waals surface area contributed by atoms with Crippen LogP contribution in [-0.2, 0) is 21.3 Å². The maximum absolute atomic E-state index is 12.4. The number of thiophene rings is 1. The summed E-state index contributed by atoms with van der Waals surface area (Å²) in [5.74, 6) is -0.657. The van der Waals surface area contributed by atoms with Crippen LogP contribution in [0.15, 0.2) is 40.6 Å². The average Bonchev–Trinajstić information content (AvgIpc) is 3.03. The van der Waals surface area contributed by atoms with E-state index in [4.69, 9.17) is 0 Å². The lowest BCUT2D eigenvalue weighted by Crippen LogP contribution is -2.24. The molecule has 2 aromatic rings. The predicted molar refractivity (Wildman–Crippen MR) is 90.5 cm³/mol. The molecule has 6 nitrogen and oxygen atoms in total. The van der Waals surface area contributed by atoms with E-state index in [1.54, 1.807) is 5.38 Å². The van der Waals surface area contributed by atoms with Crippen LogP contribution in [0, 0.1) is 0 Å². The maximum atomic E-state index is 12.4. The Balaban J connectivity index is 2.13. The third-order valence-corrected chi connectivity index (χ3v) is 5.68. The number of esters is 1. The molecule has 1 heterocycles. The number of rotatable bonds is 6. The summed E-state index contributed by atoms with van der Waals surface area (Å²) in [6, 6.07) is 8.93. The number of anilines is 1. The van der Waals surface area contributed by atoms with Gasteiger partial charge in [-0.2, -0.15) is 0 Å². The van der Waals surface area contributed by atoms with Gasteiger partial charge in [0.25, 0.3) is 0 Å². The second kappa shape index (κ2) is 7.12. The second-order valence-corrected chi connectivity index (χ2v) is 7.64. The Kier molecular flexibility index (Phi) is 5.40. The molecule has 0 saturated heterocycles. The van der Waals surface area contributed by atoms with Gasteiger partial charge in [0.2, 0.25) is 10.0 Å². The van der Waals surface area contributed by atoms with Gasteiger partial charge in [0.1, 0.15) is 9.77 Å². The number of methoxy groups -OCH3 is 1. The van der Waals surface area contributed by atoms with Gasteiger partial charge in [-0.25, -0.2) is 17.9 Å². The van der Waals surface area contributed by atoms with Crippen LogP contribution in [0.2, 0.25) is 0 Å². The van der Waals surface area contributed by atoms with Gasteiger partial charge in [-0.15, -0.1) is 11.3 Å². The van der Waals surface area contributed by atoms with Crippen molar-refractivity contribution < 1.29 is 17.9 Å². The van der Waals surface area contributed by atoms with Crippen molar-refractivity contribution in [3.63, 3.8) is 0 Å². The van der Waals surface area contributed by atoms with Crippen molar-refractivity contribution in [2.75, 3.05) is 26.1 Å². The van der Waals surface area contributed by atoms with E-state index in [0.29, 0.717) is 0 Å². The van der Waals surface area contributed by atoms with Gasteiger partial charge in [0.05, 0.1) is 7.11 Å². The number of sulfonamides is 1. The smallest absolute Gasteiger partial charge is 0.349 e. The van der Waals surface area contributed by atoms with Gasteiger partial charge in [0, 0.05) is 26.3 Å². The van der Waals surface area contributed by atoms with Crippen molar-refractivity contribution in [3.05, 3.63) is 46.2 Å². The molecule has 2 rings (SSSR count). The normalized spacial score (nSPS) is 11.3. The van der Waals surface area contributed by atoms with Crippen molar-refractivity contribution in [2.45, 2.75) is 11.4 Å². The first-order chi connectivity index (χ1) is 10.8. The van der Waals surface area contributed by atoms with Gasteiger partial charge in [0.15, 0.2) is 0 Å². The van der Waals surface area contributed by atoms with E-state index in [-0.39, 0.29) is 16.3 Å². The second-order valence-electron chi connectivity index (χ2n) is 4.99. The maximum Gasteiger partial charge on any atom is 0.349 e. The molecular formula is C15H18N2O4S2. The Morgan fingerprint density at radius 2 is 1.87 bits per heavy atom. The molecule has 0 amide bonds. The van der Waals surface area contributed by atoms with Crippen LogP contribution in [0.3, 0.4) is 0 Å². The Hall–Kier alpha value is -1.90. The molecule has 1 N–H and O–H groups in total. The molecule has 0 radical (unpaired) electrons. The van der Waals surface area contributed by atoms with Crippen LogP contribution in [0.5, 0.6) is 0 Å². The minimum absolute atomic E-state index is 0.0562. The lowest BCUT2D eigenvalue weighted by atomic mass is 10.2. The summed E-state index contributed by atoms with van der Waals surface area (Å²) in [6.07, 6.45) is 0. The highest BCUT2D eigenvalue weighted by molar-refractivity contribution is 7.89. The van der Waals surface area contributed by atoms with E-state index in [2.05, 4.69) is 9.46 Å². The lowest BCUT2D eigenvalue weighted by Gasteiger charge is -2.13. The highest BCUT2D eigenvalue weighted by Gasteiger charge is 2.24. The number of carbonyl (C=O) groups excluding carboxylic acids is 1. The minimum Gasteiger partial charge on any atom is -0.465 e. The summed E-state index contributed by atoms with van der Waals surface area (Å²) in [7, 11) is 1.31. The summed E-state index contributed by atoms with van der Waals surface area (Å²) in [5.41, 5.74) is 1.86. The van der Waals surface area contributed by atoms with Gasteiger partial charge >= 0.3 is 5.97 Å². The quantitative estimate of drug-likeness (QED) is 0.804. The Labute approximate surface area is 139 Å². The van der Waals surface area contributed by atoms with Crippen LogP contribution in [0.1, 0.15) is 15.2 Å². The fraction of sp³-hybridized carbons (Fsp3) is 0.267. The summed E-state index contributed by atoms with van der Waals surface area (Å²) in [6.45, 7) is 0.145. The standard InChI is InChI=1S/C15H18N2O4S2/c1-17(2)12-6-4-11(5-7-12)10-16-23(19,20)13-8-9-22-14(13)15(18)21-3/h4-9,16H,10H2,1-3H3. The van der Waals surface area contributed by atoms with Crippen molar-refractivity contribution in [3.8, 4) is 0 Å². The Morgan fingerprint density at radius 3 is 2.43 bits per heavy atom. The van der Waals surface area contributed by atoms with Crippen LogP contribution in [0.4, 0.5) is 5.69 Å². The van der Waals surface area contributed by atoms with E-state index in [9.17, 15) is 13.2 Å². The molecule has 0 spiro atoms. The topological polar surface area (TPSA) is 75.7 Å². The molecule has 0 unspecified atom stereocenters. The first-order valence-electron chi connectivity index (χ1n) is 6.77. The monoisotopic (exact) mass is 354 g/mol. The fourth-order valence-electron chi connectivity index (χ4n) is 1.92. The first-order valence-corrected chi connectivity index (χ1v) is 9.13. The summed E-state index contributed by atoms with van der Waals surface area (Å²) < 4.78 is 31.8. The number of nitrogens with zero attached hydrogens (tertiary/aromatic N) is 1. The molecule has 23 heavy (non-hydrogen) atoms. The molecule has 0 atom stereocenters. The van der Waals surface area contributed by atoms with Crippen LogP contribution in [-0.4, -0.2) is 35.6 Å². The molecular weight excluding hydrogens is 336 g/mol. The number of ether oxygens (including phenoxy) is 1. The molecule has 0 aliphatic carbocycles. The van der Waals surface area contributed by atoms with Gasteiger partial charge in [-0.05, 0) is 29.1 Å². The molecule has 1 aromatic carbocycles. The number of hydrogen-bond donors (Lipinski definition) is 1. The van der Waals surface area contributed by atoms with Gasteiger partial charge in [-0.1, -0.05) is 12.1 Å². The third-order valence-electron chi connectivity index (χ3n) is 3.21. The average molecular weight is 354 g/mol. The molecule has 0 bridgehead atoms. The SMILES string of the molecule is COC(=O)c1sccc1S(=O)(=O)NCc1ccc(N(C)C)cc1. The first kappa shape index (κ1) is 17.5. The molecule has 0 aliphatic heterocycles. The summed E-state index contributed by atoms with van der Waals surface area (Å²) in [5, 5.41) is 1.55. The number of benzene rings is 1. The van der Waals surface area contributed by atoms with Crippen molar-refractivity contribution in [1.29, 1.82) is 0 Å². The zero-order valence-electron chi connectivity index (χ0n) is 13.1. The minimum atomic E-state index is -3.78. The van der Waals surface area contributed by atoms with E-state index in [0.717, 1.165) is 22.6 Å². The zero-order chi connectivity index (χ0) is 17.0. The van der Waals surface area contributed by atoms with Crippen molar-refractivity contribution in [1.82, 2.24) is 4.72 Å². The van der Waals surface area contributed by atoms with Gasteiger partial charge < -0.3 is 9.64 Å². The lowest BCUT2D eigenvalue weighted by molar-refractivity contribution is 0.0602. The Morgan fingerprint density at radius 1 is 1.22 bits per heavy atom. The fourth-order valence-corrected chi connectivity index (χ4v) is 4.27. The molecule has 0 saturated carbocycles. The number of carbonyl (C=O) groups is 1. The van der Waals surface area contributed by atoms with Crippen molar-refractivity contribution in [2.24, 2.45) is 0 Å². The highest BCUT2D eigenvalue weighted by Crippen LogP contribution is 2.23. The third kappa shape index (κ3) is 4.10. The number of nitrogens with one attached hydrogen (secondary N) is 1. The molecule has 8 heteroatoms. The molecule has 0 aliphatic rings. The summed E-state index contributed by atoms with van der Waals surface area (Å²) >= 11 is 1.04. The zero-order valence-corrected chi connectivity index (χ0v) is 14.7. The molecule has 0 fully saturated rings. The predicted octanol–water partition coefficient (Wildman–Crippen LogP) is 2.08. The van der Waals surface area contributed by atoms with E-state index in [1.165, 1.54) is 13.2 Å². The highest BCUT2D eigenvalue weighted by atomic mass is 32.2. The van der Waals surface area contributed by atoms with Crippen LogP contribution < -0.4 is 9.62 Å². The van der Waals surface area contributed by atoms with Crippen LogP contribution in [0.25, 0.3) is 0 Å². The molecule has 124 valence electrons. The Bertz CT molecular complexity index is 780. The largest absolute Gasteiger partial charge is 0.465 e.